The van der Waals surface area contributed by atoms with Crippen molar-refractivity contribution >= 4 is 37.8 Å². The fraction of sp³-hybridized carbons (Fsp3) is 0.0714. The van der Waals surface area contributed by atoms with Gasteiger partial charge in [0, 0.05) is 14.5 Å². The van der Waals surface area contributed by atoms with Crippen molar-refractivity contribution in [1.29, 1.82) is 0 Å². The van der Waals surface area contributed by atoms with Gasteiger partial charge in [-0.1, -0.05) is 50.1 Å². The Hall–Kier alpha value is -1.13. The zero-order chi connectivity index (χ0) is 13.3. The standard InChI is InChI=1S/C14H10Br2O2/c1-8-3-2-4-11(14(17)18)13(8)10-6-5-9(15)7-12(10)16/h2-7H,1H3,(H,17,18). The number of carbonyl (C=O) groups is 1. The second-order valence-electron chi connectivity index (χ2n) is 3.93. The fourth-order valence-corrected chi connectivity index (χ4v) is 3.14. The maximum Gasteiger partial charge on any atom is 0.336 e. The average molecular weight is 370 g/mol. The lowest BCUT2D eigenvalue weighted by Crippen LogP contribution is -2.01. The molecule has 0 aromatic heterocycles. The molecule has 0 aliphatic heterocycles. The third-order valence-electron chi connectivity index (χ3n) is 2.70. The van der Waals surface area contributed by atoms with Crippen LogP contribution < -0.4 is 0 Å². The molecule has 0 aliphatic rings. The van der Waals surface area contributed by atoms with E-state index in [0.29, 0.717) is 5.56 Å². The number of benzene rings is 2. The van der Waals surface area contributed by atoms with Crippen molar-refractivity contribution in [2.24, 2.45) is 0 Å². The van der Waals surface area contributed by atoms with Crippen molar-refractivity contribution in [3.05, 3.63) is 56.5 Å². The molecule has 0 amide bonds. The minimum atomic E-state index is -0.913. The second kappa shape index (κ2) is 5.24. The number of carboxylic acids is 1. The van der Waals surface area contributed by atoms with Gasteiger partial charge in [0.25, 0.3) is 0 Å². The summed E-state index contributed by atoms with van der Waals surface area (Å²) in [5.41, 5.74) is 2.90. The summed E-state index contributed by atoms with van der Waals surface area (Å²) in [6.07, 6.45) is 0. The predicted molar refractivity (Wildman–Crippen MR) is 79.0 cm³/mol. The molecule has 0 spiro atoms. The lowest BCUT2D eigenvalue weighted by atomic mass is 9.95. The SMILES string of the molecule is Cc1cccc(C(=O)O)c1-c1ccc(Br)cc1Br. The molecule has 0 aliphatic carbocycles. The number of aryl methyl sites for hydroxylation is 1. The fourth-order valence-electron chi connectivity index (χ4n) is 1.90. The van der Waals surface area contributed by atoms with Crippen LogP contribution in [0.2, 0.25) is 0 Å². The smallest absolute Gasteiger partial charge is 0.336 e. The Balaban J connectivity index is 2.74. The molecule has 0 radical (unpaired) electrons. The van der Waals surface area contributed by atoms with E-state index in [9.17, 15) is 9.90 Å². The third-order valence-corrected chi connectivity index (χ3v) is 3.85. The first-order valence-corrected chi connectivity index (χ1v) is 6.87. The highest BCUT2D eigenvalue weighted by atomic mass is 79.9. The maximum atomic E-state index is 11.3. The second-order valence-corrected chi connectivity index (χ2v) is 5.70. The molecule has 0 bridgehead atoms. The van der Waals surface area contributed by atoms with Crippen LogP contribution in [0.1, 0.15) is 15.9 Å². The average Bonchev–Trinajstić information content (AvgIpc) is 2.29. The van der Waals surface area contributed by atoms with E-state index in [2.05, 4.69) is 31.9 Å². The van der Waals surface area contributed by atoms with Gasteiger partial charge in [-0.05, 0) is 36.2 Å². The number of carboxylic acid groups (broad SMARTS) is 1. The summed E-state index contributed by atoms with van der Waals surface area (Å²) in [6, 6.07) is 11.0. The van der Waals surface area contributed by atoms with Crippen LogP contribution in [0.15, 0.2) is 45.3 Å². The van der Waals surface area contributed by atoms with Crippen LogP contribution in [0.25, 0.3) is 11.1 Å². The normalized spacial score (nSPS) is 10.4. The Kier molecular flexibility index (Phi) is 3.88. The van der Waals surface area contributed by atoms with Gasteiger partial charge in [-0.2, -0.15) is 0 Å². The van der Waals surface area contributed by atoms with E-state index in [1.807, 2.05) is 31.2 Å². The molecule has 4 heteroatoms. The van der Waals surface area contributed by atoms with Gasteiger partial charge < -0.3 is 5.11 Å². The van der Waals surface area contributed by atoms with Gasteiger partial charge in [-0.25, -0.2) is 4.79 Å². The molecule has 0 saturated heterocycles. The number of aromatic carboxylic acids is 1. The van der Waals surface area contributed by atoms with E-state index in [-0.39, 0.29) is 0 Å². The Morgan fingerprint density at radius 1 is 1.17 bits per heavy atom. The lowest BCUT2D eigenvalue weighted by Gasteiger charge is -2.12. The summed E-state index contributed by atoms with van der Waals surface area (Å²) in [4.78, 5) is 11.3. The molecular weight excluding hydrogens is 360 g/mol. The van der Waals surface area contributed by atoms with E-state index in [0.717, 1.165) is 25.6 Å². The van der Waals surface area contributed by atoms with Gasteiger partial charge in [0.05, 0.1) is 5.56 Å². The molecule has 0 saturated carbocycles. The largest absolute Gasteiger partial charge is 0.478 e. The Morgan fingerprint density at radius 2 is 1.89 bits per heavy atom. The van der Waals surface area contributed by atoms with E-state index < -0.39 is 5.97 Å². The summed E-state index contributed by atoms with van der Waals surface area (Å²) in [7, 11) is 0. The Bertz CT molecular complexity index is 621. The molecule has 0 fully saturated rings. The Morgan fingerprint density at radius 3 is 2.50 bits per heavy atom. The number of halogens is 2. The zero-order valence-corrected chi connectivity index (χ0v) is 12.7. The minimum absolute atomic E-state index is 0.318. The summed E-state index contributed by atoms with van der Waals surface area (Å²) in [6.45, 7) is 1.91. The maximum absolute atomic E-state index is 11.3. The monoisotopic (exact) mass is 368 g/mol. The molecular formula is C14H10Br2O2. The van der Waals surface area contributed by atoms with Gasteiger partial charge >= 0.3 is 5.97 Å². The molecule has 18 heavy (non-hydrogen) atoms. The molecule has 2 aromatic carbocycles. The van der Waals surface area contributed by atoms with Crippen molar-refractivity contribution in [2.45, 2.75) is 6.92 Å². The van der Waals surface area contributed by atoms with Crippen LogP contribution in [-0.4, -0.2) is 11.1 Å². The summed E-state index contributed by atoms with van der Waals surface area (Å²) in [5.74, 6) is -0.913. The van der Waals surface area contributed by atoms with Crippen molar-refractivity contribution in [3.8, 4) is 11.1 Å². The minimum Gasteiger partial charge on any atom is -0.478 e. The molecule has 2 aromatic rings. The summed E-state index contributed by atoms with van der Waals surface area (Å²) >= 11 is 6.87. The van der Waals surface area contributed by atoms with Crippen LogP contribution in [0, 0.1) is 6.92 Å². The number of hydrogen-bond acceptors (Lipinski definition) is 1. The number of rotatable bonds is 2. The lowest BCUT2D eigenvalue weighted by molar-refractivity contribution is 0.0697. The van der Waals surface area contributed by atoms with Crippen LogP contribution in [0.3, 0.4) is 0 Å². The number of hydrogen-bond donors (Lipinski definition) is 1. The molecule has 2 rings (SSSR count). The highest BCUT2D eigenvalue weighted by Gasteiger charge is 2.15. The molecule has 92 valence electrons. The van der Waals surface area contributed by atoms with E-state index >= 15 is 0 Å². The van der Waals surface area contributed by atoms with Crippen LogP contribution in [-0.2, 0) is 0 Å². The van der Waals surface area contributed by atoms with Crippen molar-refractivity contribution in [3.63, 3.8) is 0 Å². The first-order chi connectivity index (χ1) is 8.50. The quantitative estimate of drug-likeness (QED) is 0.818. The van der Waals surface area contributed by atoms with E-state index in [1.54, 1.807) is 12.1 Å². The van der Waals surface area contributed by atoms with Crippen molar-refractivity contribution < 1.29 is 9.90 Å². The molecule has 2 nitrogen and oxygen atoms in total. The first-order valence-electron chi connectivity index (χ1n) is 5.29. The van der Waals surface area contributed by atoms with Gasteiger partial charge in [0.15, 0.2) is 0 Å². The highest BCUT2D eigenvalue weighted by molar-refractivity contribution is 9.11. The third kappa shape index (κ3) is 2.49. The first kappa shape index (κ1) is 13.3. The van der Waals surface area contributed by atoms with Crippen LogP contribution >= 0.6 is 31.9 Å². The molecule has 1 N–H and O–H groups in total. The molecule has 0 heterocycles. The van der Waals surface area contributed by atoms with Gasteiger partial charge in [-0.3, -0.25) is 0 Å². The molecule has 0 unspecified atom stereocenters. The van der Waals surface area contributed by atoms with Crippen molar-refractivity contribution in [2.75, 3.05) is 0 Å². The van der Waals surface area contributed by atoms with Gasteiger partial charge in [0.1, 0.15) is 0 Å². The predicted octanol–water partition coefficient (Wildman–Crippen LogP) is 4.89. The van der Waals surface area contributed by atoms with Crippen molar-refractivity contribution in [1.82, 2.24) is 0 Å². The van der Waals surface area contributed by atoms with Crippen LogP contribution in [0.5, 0.6) is 0 Å². The van der Waals surface area contributed by atoms with E-state index in [1.165, 1.54) is 0 Å². The van der Waals surface area contributed by atoms with E-state index in [4.69, 9.17) is 0 Å². The topological polar surface area (TPSA) is 37.3 Å². The molecule has 0 atom stereocenters. The van der Waals surface area contributed by atoms with Gasteiger partial charge in [0.2, 0.25) is 0 Å². The highest BCUT2D eigenvalue weighted by Crippen LogP contribution is 2.35. The zero-order valence-electron chi connectivity index (χ0n) is 9.58. The van der Waals surface area contributed by atoms with Gasteiger partial charge in [-0.15, -0.1) is 0 Å². The Labute approximate surface area is 122 Å². The summed E-state index contributed by atoms with van der Waals surface area (Å²) in [5, 5.41) is 9.27. The van der Waals surface area contributed by atoms with Crippen LogP contribution in [0.4, 0.5) is 0 Å². The summed E-state index contributed by atoms with van der Waals surface area (Å²) < 4.78 is 1.82.